The van der Waals surface area contributed by atoms with E-state index in [1.807, 2.05) is 38.1 Å². The number of nitrogens with one attached hydrogen (secondary N) is 1. The van der Waals surface area contributed by atoms with Gasteiger partial charge in [0.15, 0.2) is 0 Å². The number of carbonyl (C=O) groups excluding carboxylic acids is 1. The number of aromatic nitrogens is 2. The Labute approximate surface area is 156 Å². The lowest BCUT2D eigenvalue weighted by Gasteiger charge is -2.19. The molecule has 0 spiro atoms. The van der Waals surface area contributed by atoms with Crippen LogP contribution in [0, 0.1) is 13.8 Å². The molecule has 0 atom stereocenters. The molecule has 26 heavy (non-hydrogen) atoms. The first-order valence-electron chi connectivity index (χ1n) is 8.52. The van der Waals surface area contributed by atoms with Crippen LogP contribution in [0.25, 0.3) is 10.2 Å². The van der Waals surface area contributed by atoms with Crippen molar-refractivity contribution >= 4 is 33.1 Å². The lowest BCUT2D eigenvalue weighted by atomic mass is 9.87. The molecule has 3 rings (SSSR count). The van der Waals surface area contributed by atoms with Crippen LogP contribution in [0.1, 0.15) is 36.8 Å². The number of thiophene rings is 1. The molecule has 1 aromatic carbocycles. The van der Waals surface area contributed by atoms with Crippen LogP contribution in [0.5, 0.6) is 0 Å². The molecule has 0 saturated carbocycles. The van der Waals surface area contributed by atoms with Gasteiger partial charge in [0.25, 0.3) is 5.56 Å². The molecule has 2 heterocycles. The van der Waals surface area contributed by atoms with E-state index in [0.29, 0.717) is 11.1 Å². The van der Waals surface area contributed by atoms with Crippen LogP contribution in [0.4, 0.5) is 5.69 Å². The lowest BCUT2D eigenvalue weighted by molar-refractivity contribution is -0.116. The maximum atomic E-state index is 12.7. The van der Waals surface area contributed by atoms with E-state index in [1.54, 1.807) is 0 Å². The molecule has 3 aromatic rings. The summed E-state index contributed by atoms with van der Waals surface area (Å²) in [6, 6.07) is 7.78. The Balaban J connectivity index is 1.78. The van der Waals surface area contributed by atoms with Crippen LogP contribution in [0.2, 0.25) is 0 Å². The molecule has 0 aliphatic carbocycles. The van der Waals surface area contributed by atoms with Gasteiger partial charge in [-0.25, -0.2) is 4.98 Å². The van der Waals surface area contributed by atoms with Crippen molar-refractivity contribution in [3.05, 3.63) is 57.0 Å². The number of rotatable bonds is 3. The van der Waals surface area contributed by atoms with Gasteiger partial charge in [0, 0.05) is 10.6 Å². The highest BCUT2D eigenvalue weighted by atomic mass is 32.1. The summed E-state index contributed by atoms with van der Waals surface area (Å²) in [5, 5.41) is 3.45. The highest BCUT2D eigenvalue weighted by Gasteiger charge is 2.15. The molecule has 0 aliphatic heterocycles. The number of benzene rings is 1. The first-order valence-corrected chi connectivity index (χ1v) is 9.34. The molecule has 0 saturated heterocycles. The molecular weight excluding hydrogens is 346 g/mol. The van der Waals surface area contributed by atoms with Crippen molar-refractivity contribution < 1.29 is 4.79 Å². The maximum Gasteiger partial charge on any atom is 0.262 e. The summed E-state index contributed by atoms with van der Waals surface area (Å²) in [7, 11) is 0. The molecule has 0 aliphatic rings. The van der Waals surface area contributed by atoms with Crippen molar-refractivity contribution in [3.8, 4) is 0 Å². The van der Waals surface area contributed by atoms with Gasteiger partial charge in [0.1, 0.15) is 11.4 Å². The average molecular weight is 369 g/mol. The number of anilines is 1. The smallest absolute Gasteiger partial charge is 0.262 e. The molecule has 1 amide bonds. The third kappa shape index (κ3) is 3.55. The second-order valence-corrected chi connectivity index (χ2v) is 8.72. The molecular formula is C20H23N3O2S. The SMILES string of the molecule is Cc1sc2ncn(CC(=O)Nc3ccc(C(C)(C)C)cc3)c(=O)c2c1C. The van der Waals surface area contributed by atoms with Gasteiger partial charge in [-0.05, 0) is 42.5 Å². The fraction of sp³-hybridized carbons (Fsp3) is 0.350. The lowest BCUT2D eigenvalue weighted by Crippen LogP contribution is -2.27. The van der Waals surface area contributed by atoms with Crippen LogP contribution < -0.4 is 10.9 Å². The fourth-order valence-corrected chi connectivity index (χ4v) is 3.78. The molecule has 136 valence electrons. The van der Waals surface area contributed by atoms with Crippen molar-refractivity contribution in [3.63, 3.8) is 0 Å². The summed E-state index contributed by atoms with van der Waals surface area (Å²) in [6.45, 7) is 10.3. The molecule has 5 nitrogen and oxygen atoms in total. The number of nitrogens with zero attached hydrogens (tertiary/aromatic N) is 2. The molecule has 0 unspecified atom stereocenters. The van der Waals surface area contributed by atoms with Crippen LogP contribution in [-0.2, 0) is 16.8 Å². The van der Waals surface area contributed by atoms with E-state index in [-0.39, 0.29) is 23.4 Å². The Morgan fingerprint density at radius 2 is 1.85 bits per heavy atom. The summed E-state index contributed by atoms with van der Waals surface area (Å²) in [5.41, 5.74) is 2.75. The van der Waals surface area contributed by atoms with Crippen LogP contribution in [-0.4, -0.2) is 15.5 Å². The van der Waals surface area contributed by atoms with E-state index in [2.05, 4.69) is 31.1 Å². The molecule has 0 bridgehead atoms. The number of hydrogen-bond acceptors (Lipinski definition) is 4. The number of hydrogen-bond donors (Lipinski definition) is 1. The fourth-order valence-electron chi connectivity index (χ4n) is 2.79. The van der Waals surface area contributed by atoms with Crippen LogP contribution >= 0.6 is 11.3 Å². The van der Waals surface area contributed by atoms with Crippen molar-refractivity contribution in [1.29, 1.82) is 0 Å². The van der Waals surface area contributed by atoms with Crippen molar-refractivity contribution in [2.45, 2.75) is 46.6 Å². The van der Waals surface area contributed by atoms with Gasteiger partial charge < -0.3 is 5.32 Å². The van der Waals surface area contributed by atoms with Gasteiger partial charge in [0.05, 0.1) is 11.7 Å². The predicted molar refractivity (Wildman–Crippen MR) is 107 cm³/mol. The van der Waals surface area contributed by atoms with E-state index >= 15 is 0 Å². The second-order valence-electron chi connectivity index (χ2n) is 7.52. The molecule has 0 radical (unpaired) electrons. The second kappa shape index (κ2) is 6.68. The Hall–Kier alpha value is -2.47. The normalized spacial score (nSPS) is 11.7. The Morgan fingerprint density at radius 3 is 2.46 bits per heavy atom. The summed E-state index contributed by atoms with van der Waals surface area (Å²) in [5.74, 6) is -0.249. The molecule has 6 heteroatoms. The topological polar surface area (TPSA) is 64.0 Å². The Morgan fingerprint density at radius 1 is 1.19 bits per heavy atom. The van der Waals surface area contributed by atoms with Crippen LogP contribution in [0.3, 0.4) is 0 Å². The highest BCUT2D eigenvalue weighted by molar-refractivity contribution is 7.18. The summed E-state index contributed by atoms with van der Waals surface area (Å²) in [4.78, 5) is 31.1. The molecule has 2 aromatic heterocycles. The monoisotopic (exact) mass is 369 g/mol. The Bertz CT molecular complexity index is 1020. The van der Waals surface area contributed by atoms with E-state index in [1.165, 1.54) is 27.8 Å². The maximum absolute atomic E-state index is 12.7. The summed E-state index contributed by atoms with van der Waals surface area (Å²) < 4.78 is 1.36. The Kier molecular flexibility index (Phi) is 4.71. The van der Waals surface area contributed by atoms with Gasteiger partial charge in [-0.1, -0.05) is 32.9 Å². The van der Waals surface area contributed by atoms with Gasteiger partial charge in [-0.2, -0.15) is 0 Å². The third-order valence-corrected chi connectivity index (χ3v) is 5.62. The third-order valence-electron chi connectivity index (χ3n) is 4.50. The zero-order valence-electron chi connectivity index (χ0n) is 15.7. The highest BCUT2D eigenvalue weighted by Crippen LogP contribution is 2.25. The van der Waals surface area contributed by atoms with Gasteiger partial charge in [0.2, 0.25) is 5.91 Å². The standard InChI is InChI=1S/C20H23N3O2S/c1-12-13(2)26-18-17(12)19(25)23(11-21-18)10-16(24)22-15-8-6-14(7-9-15)20(3,4)5/h6-9,11H,10H2,1-5H3,(H,22,24). The minimum Gasteiger partial charge on any atom is -0.325 e. The quantitative estimate of drug-likeness (QED) is 0.759. The van der Waals surface area contributed by atoms with E-state index in [4.69, 9.17) is 0 Å². The van der Waals surface area contributed by atoms with E-state index in [0.717, 1.165) is 15.3 Å². The molecule has 0 fully saturated rings. The zero-order valence-corrected chi connectivity index (χ0v) is 16.5. The van der Waals surface area contributed by atoms with Crippen molar-refractivity contribution in [2.24, 2.45) is 0 Å². The average Bonchev–Trinajstić information content (AvgIpc) is 2.85. The zero-order chi connectivity index (χ0) is 19.1. The van der Waals surface area contributed by atoms with Crippen LogP contribution in [0.15, 0.2) is 35.4 Å². The van der Waals surface area contributed by atoms with Gasteiger partial charge in [-0.15, -0.1) is 11.3 Å². The number of fused-ring (bicyclic) bond motifs is 1. The first-order chi connectivity index (χ1) is 12.2. The predicted octanol–water partition coefficient (Wildman–Crippen LogP) is 4.01. The minimum atomic E-state index is -0.249. The summed E-state index contributed by atoms with van der Waals surface area (Å²) >= 11 is 1.50. The van der Waals surface area contributed by atoms with Gasteiger partial charge in [-0.3, -0.25) is 14.2 Å². The number of amides is 1. The van der Waals surface area contributed by atoms with Gasteiger partial charge >= 0.3 is 0 Å². The van der Waals surface area contributed by atoms with E-state index < -0.39 is 0 Å². The van der Waals surface area contributed by atoms with Crippen molar-refractivity contribution in [2.75, 3.05) is 5.32 Å². The van der Waals surface area contributed by atoms with E-state index in [9.17, 15) is 9.59 Å². The number of carbonyl (C=O) groups is 1. The molecule has 1 N–H and O–H groups in total. The first kappa shape index (κ1) is 18.3. The van der Waals surface area contributed by atoms with Crippen molar-refractivity contribution in [1.82, 2.24) is 9.55 Å². The summed E-state index contributed by atoms with van der Waals surface area (Å²) in [6.07, 6.45) is 1.45. The largest absolute Gasteiger partial charge is 0.325 e. The minimum absolute atomic E-state index is 0.0584. The number of aryl methyl sites for hydroxylation is 2.